The molecule has 0 atom stereocenters. The smallest absolute Gasteiger partial charge is 0.325 e. The monoisotopic (exact) mass is 300 g/mol. The van der Waals surface area contributed by atoms with Crippen molar-refractivity contribution in [2.75, 3.05) is 11.1 Å². The van der Waals surface area contributed by atoms with E-state index in [4.69, 9.17) is 11.6 Å². The van der Waals surface area contributed by atoms with E-state index in [1.54, 1.807) is 31.3 Å². The Morgan fingerprint density at radius 2 is 2.37 bits per heavy atom. The number of anilines is 1. The SMILES string of the molecule is C[n+]1[nH]oc(=O)c1SCC(=O)Nc1cccc(Cl)c1. The first-order valence-corrected chi connectivity index (χ1v) is 6.68. The summed E-state index contributed by atoms with van der Waals surface area (Å²) in [5.74, 6) is -0.129. The van der Waals surface area contributed by atoms with Gasteiger partial charge in [-0.25, -0.2) is 4.79 Å². The Kier molecular flexibility index (Phi) is 4.28. The molecule has 2 N–H and O–H groups in total. The third-order valence-corrected chi connectivity index (χ3v) is 3.56. The number of nitrogens with one attached hydrogen (secondary N) is 2. The van der Waals surface area contributed by atoms with Crippen molar-refractivity contribution in [3.8, 4) is 0 Å². The maximum atomic E-state index is 11.7. The summed E-state index contributed by atoms with van der Waals surface area (Å²) in [6.07, 6.45) is 0. The lowest BCUT2D eigenvalue weighted by Crippen LogP contribution is -2.34. The van der Waals surface area contributed by atoms with Gasteiger partial charge in [-0.2, -0.15) is 0 Å². The third kappa shape index (κ3) is 3.62. The largest absolute Gasteiger partial charge is 0.441 e. The van der Waals surface area contributed by atoms with Crippen LogP contribution in [0.2, 0.25) is 5.02 Å². The van der Waals surface area contributed by atoms with Crippen molar-refractivity contribution in [3.63, 3.8) is 0 Å². The van der Waals surface area contributed by atoms with Crippen molar-refractivity contribution in [1.82, 2.24) is 5.27 Å². The highest BCUT2D eigenvalue weighted by molar-refractivity contribution is 7.99. The number of amides is 1. The molecule has 1 heterocycles. The maximum Gasteiger partial charge on any atom is 0.441 e. The van der Waals surface area contributed by atoms with Crippen molar-refractivity contribution >= 4 is 35.0 Å². The molecule has 1 aromatic carbocycles. The minimum absolute atomic E-state index is 0.100. The second-order valence-electron chi connectivity index (χ2n) is 3.69. The van der Waals surface area contributed by atoms with Crippen LogP contribution < -0.4 is 15.6 Å². The van der Waals surface area contributed by atoms with Crippen LogP contribution in [0, 0.1) is 0 Å². The highest BCUT2D eigenvalue weighted by Crippen LogP contribution is 2.15. The summed E-state index contributed by atoms with van der Waals surface area (Å²) >= 11 is 6.90. The summed E-state index contributed by atoms with van der Waals surface area (Å²) < 4.78 is 5.99. The fraction of sp³-hybridized carbons (Fsp3) is 0.182. The molecule has 100 valence electrons. The number of hydrogen-bond donors (Lipinski definition) is 2. The second-order valence-corrected chi connectivity index (χ2v) is 5.09. The highest BCUT2D eigenvalue weighted by Gasteiger charge is 2.19. The predicted octanol–water partition coefficient (Wildman–Crippen LogP) is 1.18. The molecule has 1 aromatic heterocycles. The van der Waals surface area contributed by atoms with Gasteiger partial charge in [0.25, 0.3) is 0 Å². The van der Waals surface area contributed by atoms with Crippen molar-refractivity contribution in [1.29, 1.82) is 0 Å². The number of nitrogens with zero attached hydrogens (tertiary/aromatic N) is 1. The standard InChI is InChI=1S/C11H10ClN3O3S/c1-15-10(11(17)18-14-15)19-6-9(16)13-8-4-2-3-7(12)5-8/h2-5H,6H2,1H3,(H-,13,14,16,17)/p+1. The molecule has 0 radical (unpaired) electrons. The number of rotatable bonds is 4. The number of hydrogen-bond acceptors (Lipinski definition) is 4. The molecule has 2 rings (SSSR count). The fourth-order valence-electron chi connectivity index (χ4n) is 1.38. The first-order valence-electron chi connectivity index (χ1n) is 5.32. The Labute approximate surface area is 117 Å². The quantitative estimate of drug-likeness (QED) is 0.656. The van der Waals surface area contributed by atoms with Gasteiger partial charge < -0.3 is 5.32 Å². The lowest BCUT2D eigenvalue weighted by atomic mass is 10.3. The second kappa shape index (κ2) is 5.94. The van der Waals surface area contributed by atoms with Crippen molar-refractivity contribution in [2.24, 2.45) is 7.05 Å². The third-order valence-electron chi connectivity index (χ3n) is 2.20. The van der Waals surface area contributed by atoms with Gasteiger partial charge in [0.1, 0.15) is 0 Å². The van der Waals surface area contributed by atoms with Crippen LogP contribution >= 0.6 is 23.4 Å². The Balaban J connectivity index is 1.94. The highest BCUT2D eigenvalue weighted by atomic mass is 35.5. The summed E-state index contributed by atoms with van der Waals surface area (Å²) in [5, 5.41) is 5.94. The number of H-pyrrole nitrogens is 1. The molecule has 1 amide bonds. The van der Waals surface area contributed by atoms with Crippen molar-refractivity contribution in [2.45, 2.75) is 5.03 Å². The maximum absolute atomic E-state index is 11.7. The van der Waals surface area contributed by atoms with Crippen LogP contribution in [0.25, 0.3) is 0 Å². The molecule has 0 fully saturated rings. The Morgan fingerprint density at radius 3 is 3.00 bits per heavy atom. The normalized spacial score (nSPS) is 10.4. The van der Waals surface area contributed by atoms with Gasteiger partial charge in [-0.05, 0) is 35.2 Å². The van der Waals surface area contributed by atoms with E-state index in [1.165, 1.54) is 4.68 Å². The van der Waals surface area contributed by atoms with E-state index in [9.17, 15) is 9.59 Å². The molecule has 0 unspecified atom stereocenters. The first-order chi connectivity index (χ1) is 9.06. The number of aryl methyl sites for hydroxylation is 1. The van der Waals surface area contributed by atoms with Gasteiger partial charge in [0.05, 0.1) is 5.75 Å². The zero-order valence-corrected chi connectivity index (χ0v) is 11.5. The zero-order valence-electron chi connectivity index (χ0n) is 9.97. The summed E-state index contributed by atoms with van der Waals surface area (Å²) in [7, 11) is 1.63. The Hall–Kier alpha value is -1.73. The molecule has 6 nitrogen and oxygen atoms in total. The molecule has 0 saturated heterocycles. The minimum atomic E-state index is -0.497. The van der Waals surface area contributed by atoms with E-state index >= 15 is 0 Å². The van der Waals surface area contributed by atoms with E-state index in [0.717, 1.165) is 11.8 Å². The van der Waals surface area contributed by atoms with Gasteiger partial charge in [0.15, 0.2) is 7.05 Å². The van der Waals surface area contributed by atoms with Gasteiger partial charge in [-0.15, -0.1) is 0 Å². The molecule has 19 heavy (non-hydrogen) atoms. The average molecular weight is 301 g/mol. The predicted molar refractivity (Wildman–Crippen MR) is 71.3 cm³/mol. The molecular formula is C11H11ClN3O3S+. The van der Waals surface area contributed by atoms with Crippen LogP contribution in [-0.2, 0) is 11.8 Å². The van der Waals surface area contributed by atoms with E-state index in [-0.39, 0.29) is 11.7 Å². The Bertz CT molecular complexity index is 653. The van der Waals surface area contributed by atoms with Gasteiger partial charge in [-0.1, -0.05) is 22.3 Å². The Morgan fingerprint density at radius 1 is 1.58 bits per heavy atom. The molecular weight excluding hydrogens is 290 g/mol. The van der Waals surface area contributed by atoms with E-state index in [2.05, 4.69) is 15.1 Å². The van der Waals surface area contributed by atoms with E-state index in [0.29, 0.717) is 15.7 Å². The molecule has 0 saturated carbocycles. The van der Waals surface area contributed by atoms with Gasteiger partial charge in [0, 0.05) is 10.7 Å². The molecule has 0 aliphatic rings. The molecule has 0 bridgehead atoms. The molecule has 0 spiro atoms. The molecule has 8 heteroatoms. The number of halogens is 1. The van der Waals surface area contributed by atoms with E-state index < -0.39 is 5.63 Å². The molecule has 0 aliphatic carbocycles. The summed E-state index contributed by atoms with van der Waals surface area (Å²) in [4.78, 5) is 23.0. The lowest BCUT2D eigenvalue weighted by molar-refractivity contribution is -0.772. The van der Waals surface area contributed by atoms with Gasteiger partial charge in [-0.3, -0.25) is 9.32 Å². The van der Waals surface area contributed by atoms with Gasteiger partial charge >= 0.3 is 10.7 Å². The molecule has 0 aliphatic heterocycles. The number of carbonyl (C=O) groups excluding carboxylic acids is 1. The van der Waals surface area contributed by atoms with Crippen LogP contribution in [-0.4, -0.2) is 16.9 Å². The van der Waals surface area contributed by atoms with Crippen LogP contribution in [0.3, 0.4) is 0 Å². The first kappa shape index (κ1) is 13.7. The van der Waals surface area contributed by atoms with Crippen LogP contribution in [0.1, 0.15) is 0 Å². The summed E-state index contributed by atoms with van der Waals surface area (Å²) in [5.41, 5.74) is 0.117. The van der Waals surface area contributed by atoms with Crippen molar-refractivity contribution in [3.05, 3.63) is 39.7 Å². The van der Waals surface area contributed by atoms with Crippen LogP contribution in [0.15, 0.2) is 38.6 Å². The van der Waals surface area contributed by atoms with Gasteiger partial charge in [0.2, 0.25) is 5.91 Å². The number of thioether (sulfide) groups is 1. The zero-order chi connectivity index (χ0) is 13.8. The minimum Gasteiger partial charge on any atom is -0.325 e. The molecule has 2 aromatic rings. The number of aromatic nitrogens is 2. The summed E-state index contributed by atoms with van der Waals surface area (Å²) in [6, 6.07) is 6.84. The van der Waals surface area contributed by atoms with Crippen LogP contribution in [0.4, 0.5) is 5.69 Å². The topological polar surface area (TPSA) is 79.0 Å². The number of benzene rings is 1. The lowest BCUT2D eigenvalue weighted by Gasteiger charge is -2.03. The summed E-state index contributed by atoms with van der Waals surface area (Å²) in [6.45, 7) is 0. The fourth-order valence-corrected chi connectivity index (χ4v) is 2.31. The van der Waals surface area contributed by atoms with Crippen molar-refractivity contribution < 1.29 is 14.0 Å². The number of carbonyl (C=O) groups is 1. The number of aromatic amines is 1. The van der Waals surface area contributed by atoms with E-state index in [1.807, 2.05) is 0 Å². The van der Waals surface area contributed by atoms with Crippen LogP contribution in [0.5, 0.6) is 0 Å². The average Bonchev–Trinajstić information content (AvgIpc) is 2.67.